The number of pyridine rings is 1. The number of amides is 1. The molecule has 0 aliphatic carbocycles. The maximum atomic E-state index is 11.0. The first-order valence-electron chi connectivity index (χ1n) is 4.18. The molecule has 4 heteroatoms. The number of Topliss-reactive ketones (excluding diaryl/α,β-unsaturated/α-hetero) is 1. The highest BCUT2D eigenvalue weighted by atomic mass is 16.1. The normalized spacial score (nSPS) is 9.79. The lowest BCUT2D eigenvalue weighted by atomic mass is 10.1. The number of primary amides is 1. The SMILES string of the molecule is CC(=O)c1cc([CH]CC(N)=O)ccn1. The van der Waals surface area contributed by atoms with Gasteiger partial charge in [0.2, 0.25) is 5.91 Å². The number of carbonyl (C=O) groups excluding carboxylic acids is 2. The molecule has 0 aliphatic heterocycles. The molecule has 0 saturated heterocycles. The lowest BCUT2D eigenvalue weighted by Crippen LogP contribution is -2.10. The van der Waals surface area contributed by atoms with E-state index in [0.717, 1.165) is 5.56 Å². The highest BCUT2D eigenvalue weighted by molar-refractivity contribution is 5.92. The summed E-state index contributed by atoms with van der Waals surface area (Å²) in [4.78, 5) is 25.3. The van der Waals surface area contributed by atoms with Crippen molar-refractivity contribution in [3.8, 4) is 0 Å². The topological polar surface area (TPSA) is 73.1 Å². The molecule has 0 unspecified atom stereocenters. The first kappa shape index (κ1) is 10.4. The van der Waals surface area contributed by atoms with E-state index in [1.54, 1.807) is 18.6 Å². The Morgan fingerprint density at radius 1 is 1.57 bits per heavy atom. The third-order valence-corrected chi connectivity index (χ3v) is 1.68. The van der Waals surface area contributed by atoms with Crippen LogP contribution in [0.4, 0.5) is 0 Å². The van der Waals surface area contributed by atoms with Crippen LogP contribution in [0.15, 0.2) is 18.3 Å². The molecule has 0 atom stereocenters. The molecule has 0 spiro atoms. The second kappa shape index (κ2) is 4.50. The zero-order valence-corrected chi connectivity index (χ0v) is 7.86. The number of carbonyl (C=O) groups is 2. The van der Waals surface area contributed by atoms with Gasteiger partial charge in [0.1, 0.15) is 5.69 Å². The maximum absolute atomic E-state index is 11.0. The summed E-state index contributed by atoms with van der Waals surface area (Å²) in [6.07, 6.45) is 3.36. The summed E-state index contributed by atoms with van der Waals surface area (Å²) in [7, 11) is 0. The molecule has 1 rings (SSSR count). The van der Waals surface area contributed by atoms with Gasteiger partial charge in [-0.1, -0.05) is 0 Å². The van der Waals surface area contributed by atoms with E-state index < -0.39 is 5.91 Å². The fourth-order valence-electron chi connectivity index (χ4n) is 0.985. The van der Waals surface area contributed by atoms with Crippen LogP contribution in [0, 0.1) is 6.42 Å². The van der Waals surface area contributed by atoms with E-state index in [2.05, 4.69) is 4.98 Å². The third kappa shape index (κ3) is 2.97. The van der Waals surface area contributed by atoms with Gasteiger partial charge >= 0.3 is 0 Å². The zero-order chi connectivity index (χ0) is 10.6. The van der Waals surface area contributed by atoms with E-state index in [-0.39, 0.29) is 12.2 Å². The van der Waals surface area contributed by atoms with Crippen LogP contribution in [0.1, 0.15) is 29.4 Å². The molecule has 1 radical (unpaired) electrons. The van der Waals surface area contributed by atoms with Crippen molar-refractivity contribution in [3.05, 3.63) is 36.0 Å². The van der Waals surface area contributed by atoms with Crippen LogP contribution in [0.3, 0.4) is 0 Å². The van der Waals surface area contributed by atoms with Crippen LogP contribution in [-0.4, -0.2) is 16.7 Å². The van der Waals surface area contributed by atoms with Gasteiger partial charge in [-0.05, 0) is 17.7 Å². The predicted molar refractivity (Wildman–Crippen MR) is 51.5 cm³/mol. The van der Waals surface area contributed by atoms with Gasteiger partial charge in [-0.2, -0.15) is 0 Å². The molecule has 1 amide bonds. The molecule has 1 aromatic heterocycles. The van der Waals surface area contributed by atoms with Crippen LogP contribution in [0.5, 0.6) is 0 Å². The first-order valence-corrected chi connectivity index (χ1v) is 4.18. The summed E-state index contributed by atoms with van der Waals surface area (Å²) in [5, 5.41) is 0. The Bertz CT molecular complexity index is 361. The van der Waals surface area contributed by atoms with Gasteiger partial charge in [-0.25, -0.2) is 0 Å². The van der Waals surface area contributed by atoms with Gasteiger partial charge in [-0.15, -0.1) is 0 Å². The molecule has 1 aromatic rings. The number of aromatic nitrogens is 1. The Hall–Kier alpha value is -1.71. The summed E-state index contributed by atoms with van der Waals surface area (Å²) in [6.45, 7) is 1.44. The van der Waals surface area contributed by atoms with Gasteiger partial charge in [0.05, 0.1) is 0 Å². The summed E-state index contributed by atoms with van der Waals surface area (Å²) in [5.74, 6) is -0.495. The minimum Gasteiger partial charge on any atom is -0.370 e. The molecular formula is C10H11N2O2. The Kier molecular flexibility index (Phi) is 3.34. The molecule has 4 nitrogen and oxygen atoms in total. The largest absolute Gasteiger partial charge is 0.370 e. The van der Waals surface area contributed by atoms with Gasteiger partial charge in [0.25, 0.3) is 0 Å². The Morgan fingerprint density at radius 2 is 2.29 bits per heavy atom. The monoisotopic (exact) mass is 191 g/mol. The van der Waals surface area contributed by atoms with Crippen LogP contribution in [0.2, 0.25) is 0 Å². The summed E-state index contributed by atoms with van der Waals surface area (Å²) in [5.41, 5.74) is 6.16. The van der Waals surface area contributed by atoms with E-state index in [9.17, 15) is 9.59 Å². The second-order valence-electron chi connectivity index (χ2n) is 2.91. The number of nitrogens with two attached hydrogens (primary N) is 1. The van der Waals surface area contributed by atoms with Crippen molar-refractivity contribution in [1.82, 2.24) is 4.98 Å². The molecule has 2 N–H and O–H groups in total. The first-order chi connectivity index (χ1) is 6.59. The Labute approximate surface area is 82.1 Å². The standard InChI is InChI=1S/C10H11N2O2/c1-7(13)9-6-8(4-5-12-9)2-3-10(11)14/h2,4-6H,3H2,1H3,(H2,11,14). The van der Waals surface area contributed by atoms with Crippen LogP contribution in [0.25, 0.3) is 0 Å². The molecule has 0 saturated carbocycles. The van der Waals surface area contributed by atoms with E-state index >= 15 is 0 Å². The van der Waals surface area contributed by atoms with E-state index in [4.69, 9.17) is 5.73 Å². The number of nitrogens with zero attached hydrogens (tertiary/aromatic N) is 1. The summed E-state index contributed by atoms with van der Waals surface area (Å²) in [6, 6.07) is 3.35. The predicted octanol–water partition coefficient (Wildman–Crippen LogP) is 0.712. The van der Waals surface area contributed by atoms with Crippen molar-refractivity contribution in [2.24, 2.45) is 5.73 Å². The van der Waals surface area contributed by atoms with Crippen molar-refractivity contribution in [2.45, 2.75) is 13.3 Å². The molecule has 0 bridgehead atoms. The zero-order valence-electron chi connectivity index (χ0n) is 7.86. The van der Waals surface area contributed by atoms with Gasteiger partial charge < -0.3 is 5.73 Å². The number of ketones is 1. The highest BCUT2D eigenvalue weighted by Gasteiger charge is 2.03. The number of hydrogen-bond donors (Lipinski definition) is 1. The third-order valence-electron chi connectivity index (χ3n) is 1.68. The van der Waals surface area contributed by atoms with Crippen LogP contribution >= 0.6 is 0 Å². The van der Waals surface area contributed by atoms with Gasteiger partial charge in [0.15, 0.2) is 5.78 Å². The van der Waals surface area contributed by atoms with E-state index in [1.165, 1.54) is 13.1 Å². The van der Waals surface area contributed by atoms with Crippen LogP contribution in [-0.2, 0) is 4.79 Å². The smallest absolute Gasteiger partial charge is 0.218 e. The van der Waals surface area contributed by atoms with Crippen LogP contribution < -0.4 is 5.73 Å². The van der Waals surface area contributed by atoms with Crippen molar-refractivity contribution >= 4 is 11.7 Å². The fourth-order valence-corrected chi connectivity index (χ4v) is 0.985. The van der Waals surface area contributed by atoms with Crippen molar-refractivity contribution in [2.75, 3.05) is 0 Å². The summed E-state index contributed by atoms with van der Waals surface area (Å²) < 4.78 is 0. The molecule has 0 fully saturated rings. The molecule has 73 valence electrons. The average molecular weight is 191 g/mol. The molecular weight excluding hydrogens is 180 g/mol. The van der Waals surface area contributed by atoms with Gasteiger partial charge in [0, 0.05) is 26.0 Å². The lowest BCUT2D eigenvalue weighted by Gasteiger charge is -1.99. The number of rotatable bonds is 4. The minimum absolute atomic E-state index is 0.0978. The second-order valence-corrected chi connectivity index (χ2v) is 2.91. The van der Waals surface area contributed by atoms with Crippen molar-refractivity contribution < 1.29 is 9.59 Å². The van der Waals surface area contributed by atoms with E-state index in [1.807, 2.05) is 0 Å². The molecule has 0 aliphatic rings. The Morgan fingerprint density at radius 3 is 2.86 bits per heavy atom. The highest BCUT2D eigenvalue weighted by Crippen LogP contribution is 2.06. The quantitative estimate of drug-likeness (QED) is 0.712. The average Bonchev–Trinajstić information content (AvgIpc) is 2.15. The minimum atomic E-state index is -0.397. The van der Waals surface area contributed by atoms with Gasteiger partial charge in [-0.3, -0.25) is 14.6 Å². The number of hydrogen-bond acceptors (Lipinski definition) is 3. The fraction of sp³-hybridized carbons (Fsp3) is 0.200. The van der Waals surface area contributed by atoms with E-state index in [0.29, 0.717) is 5.69 Å². The molecule has 1 heterocycles. The van der Waals surface area contributed by atoms with Crippen molar-refractivity contribution in [1.29, 1.82) is 0 Å². The molecule has 0 aromatic carbocycles. The Balaban J connectivity index is 2.73. The maximum Gasteiger partial charge on any atom is 0.218 e. The van der Waals surface area contributed by atoms with Crippen molar-refractivity contribution in [3.63, 3.8) is 0 Å². The summed E-state index contributed by atoms with van der Waals surface area (Å²) >= 11 is 0. The lowest BCUT2D eigenvalue weighted by molar-refractivity contribution is -0.117. The molecule has 14 heavy (non-hydrogen) atoms.